The van der Waals surface area contributed by atoms with E-state index in [1.54, 1.807) is 29.5 Å². The van der Waals surface area contributed by atoms with Gasteiger partial charge in [0.05, 0.1) is 35.2 Å². The van der Waals surface area contributed by atoms with Crippen molar-refractivity contribution in [2.45, 2.75) is 6.61 Å². The minimum atomic E-state index is -0.165. The van der Waals surface area contributed by atoms with E-state index in [0.717, 1.165) is 33.2 Å². The van der Waals surface area contributed by atoms with E-state index in [2.05, 4.69) is 30.2 Å². The molecule has 0 atom stereocenters. The normalized spacial score (nSPS) is 11.6. The molecule has 3 N–H and O–H groups in total. The Kier molecular flexibility index (Phi) is 4.05. The van der Waals surface area contributed by atoms with E-state index < -0.39 is 0 Å². The maximum absolute atomic E-state index is 9.65. The lowest BCUT2D eigenvalue weighted by molar-refractivity contribution is 0.276. The van der Waals surface area contributed by atoms with Crippen LogP contribution in [0.1, 0.15) is 5.69 Å². The van der Waals surface area contributed by atoms with Gasteiger partial charge in [0, 0.05) is 48.5 Å². The summed E-state index contributed by atoms with van der Waals surface area (Å²) in [7, 11) is 1.81. The highest BCUT2D eigenvalue weighted by molar-refractivity contribution is 5.95. The van der Waals surface area contributed by atoms with Crippen molar-refractivity contribution < 1.29 is 5.11 Å². The molecule has 156 valence electrons. The van der Waals surface area contributed by atoms with Gasteiger partial charge in [0.25, 0.3) is 0 Å². The molecular formula is C22H17N9O. The van der Waals surface area contributed by atoms with Crippen LogP contribution in [0.4, 0.5) is 0 Å². The quantitative estimate of drug-likeness (QED) is 0.397. The minimum Gasteiger partial charge on any atom is -0.390 e. The molecule has 10 heteroatoms. The average Bonchev–Trinajstić information content (AvgIpc) is 3.54. The Hall–Kier alpha value is -4.44. The summed E-state index contributed by atoms with van der Waals surface area (Å²) in [6.07, 6.45) is 8.88. The lowest BCUT2D eigenvalue weighted by atomic mass is 10.1. The first-order valence-corrected chi connectivity index (χ1v) is 9.94. The number of aromatic amines is 2. The standard InChI is InChI=1S/C22H17N9O/c1-31-10-14(18(11-32)30-31)15-4-5-16-20(25-15)21(29-28-16)22-26-17-9-24-8-13(19(17)27-22)12-3-2-6-23-7-12/h2-10,32H,11H2,1H3,(H,26,27)(H,28,29). The predicted octanol–water partition coefficient (Wildman–Crippen LogP) is 2.85. The van der Waals surface area contributed by atoms with Crippen molar-refractivity contribution in [1.29, 1.82) is 0 Å². The molecule has 32 heavy (non-hydrogen) atoms. The number of aliphatic hydroxyl groups is 1. The number of rotatable bonds is 4. The Labute approximate surface area is 181 Å². The second-order valence-electron chi connectivity index (χ2n) is 7.40. The molecule has 0 unspecified atom stereocenters. The molecule has 6 aromatic heterocycles. The summed E-state index contributed by atoms with van der Waals surface area (Å²) in [5.74, 6) is 0.586. The number of aromatic nitrogens is 9. The van der Waals surface area contributed by atoms with Gasteiger partial charge in [0.15, 0.2) is 11.5 Å². The fraction of sp³-hybridized carbons (Fsp3) is 0.0909. The maximum Gasteiger partial charge on any atom is 0.161 e. The monoisotopic (exact) mass is 423 g/mol. The van der Waals surface area contributed by atoms with Crippen molar-refractivity contribution in [3.63, 3.8) is 0 Å². The van der Waals surface area contributed by atoms with E-state index >= 15 is 0 Å². The number of hydrogen-bond acceptors (Lipinski definition) is 7. The van der Waals surface area contributed by atoms with Crippen LogP contribution in [0.3, 0.4) is 0 Å². The first kappa shape index (κ1) is 18.3. The van der Waals surface area contributed by atoms with Gasteiger partial charge < -0.3 is 10.1 Å². The number of H-pyrrole nitrogens is 2. The van der Waals surface area contributed by atoms with E-state index in [0.29, 0.717) is 28.4 Å². The van der Waals surface area contributed by atoms with Crippen LogP contribution >= 0.6 is 0 Å². The molecule has 0 aliphatic carbocycles. The first-order valence-electron chi connectivity index (χ1n) is 9.94. The Morgan fingerprint density at radius 2 is 1.91 bits per heavy atom. The molecule has 10 nitrogen and oxygen atoms in total. The van der Waals surface area contributed by atoms with Gasteiger partial charge in [-0.25, -0.2) is 9.97 Å². The van der Waals surface area contributed by atoms with Crippen molar-refractivity contribution in [3.05, 3.63) is 60.9 Å². The number of imidazole rings is 1. The SMILES string of the molecule is Cn1cc(-c2ccc3[nH]nc(-c4nc5c(-c6cccnc6)cncc5[nH]4)c3n2)c(CO)n1. The molecule has 0 fully saturated rings. The molecule has 6 rings (SSSR count). The summed E-state index contributed by atoms with van der Waals surface area (Å²) in [6.45, 7) is -0.165. The number of nitrogens with zero attached hydrogens (tertiary/aromatic N) is 7. The molecule has 0 amide bonds. The number of aliphatic hydroxyl groups excluding tert-OH is 1. The molecule has 0 radical (unpaired) electrons. The van der Waals surface area contributed by atoms with E-state index in [9.17, 15) is 5.11 Å². The Bertz CT molecular complexity index is 1580. The lowest BCUT2D eigenvalue weighted by Gasteiger charge is -2.00. The third kappa shape index (κ3) is 2.85. The molecule has 0 saturated carbocycles. The molecule has 6 heterocycles. The molecule has 0 aliphatic rings. The summed E-state index contributed by atoms with van der Waals surface area (Å²) in [5.41, 5.74) is 7.49. The van der Waals surface area contributed by atoms with Gasteiger partial charge in [-0.05, 0) is 18.2 Å². The number of fused-ring (bicyclic) bond motifs is 2. The summed E-state index contributed by atoms with van der Waals surface area (Å²) in [6, 6.07) is 7.65. The highest BCUT2D eigenvalue weighted by atomic mass is 16.3. The van der Waals surface area contributed by atoms with Gasteiger partial charge in [0.1, 0.15) is 11.0 Å². The van der Waals surface area contributed by atoms with Gasteiger partial charge in [-0.15, -0.1) is 0 Å². The molecule has 0 aliphatic heterocycles. The highest BCUT2D eigenvalue weighted by Gasteiger charge is 2.18. The maximum atomic E-state index is 9.65. The fourth-order valence-corrected chi connectivity index (χ4v) is 3.86. The van der Waals surface area contributed by atoms with Gasteiger partial charge in [-0.1, -0.05) is 6.07 Å². The third-order valence-corrected chi connectivity index (χ3v) is 5.33. The van der Waals surface area contributed by atoms with E-state index in [-0.39, 0.29) is 6.61 Å². The van der Waals surface area contributed by atoms with Crippen LogP contribution in [0.2, 0.25) is 0 Å². The van der Waals surface area contributed by atoms with Crippen molar-refractivity contribution >= 4 is 22.1 Å². The topological polar surface area (TPSA) is 134 Å². The van der Waals surface area contributed by atoms with Gasteiger partial charge in [-0.2, -0.15) is 10.2 Å². The first-order chi connectivity index (χ1) is 15.7. The second kappa shape index (κ2) is 7.06. The number of aryl methyl sites for hydroxylation is 1. The zero-order valence-electron chi connectivity index (χ0n) is 17.0. The minimum absolute atomic E-state index is 0.165. The molecule has 0 bridgehead atoms. The summed E-state index contributed by atoms with van der Waals surface area (Å²) in [5, 5.41) is 21.4. The van der Waals surface area contributed by atoms with Crippen LogP contribution in [-0.2, 0) is 13.7 Å². The average molecular weight is 423 g/mol. The molecule has 0 saturated heterocycles. The van der Waals surface area contributed by atoms with E-state index in [4.69, 9.17) is 9.97 Å². The van der Waals surface area contributed by atoms with Gasteiger partial charge in [0.2, 0.25) is 0 Å². The number of pyridine rings is 3. The Morgan fingerprint density at radius 1 is 0.969 bits per heavy atom. The van der Waals surface area contributed by atoms with Crippen LogP contribution in [0.15, 0.2) is 55.2 Å². The molecule has 6 aromatic rings. The largest absolute Gasteiger partial charge is 0.390 e. The van der Waals surface area contributed by atoms with Crippen molar-refractivity contribution in [1.82, 2.24) is 44.9 Å². The van der Waals surface area contributed by atoms with Crippen LogP contribution < -0.4 is 0 Å². The van der Waals surface area contributed by atoms with Crippen LogP contribution in [0, 0.1) is 0 Å². The molecular weight excluding hydrogens is 406 g/mol. The highest BCUT2D eigenvalue weighted by Crippen LogP contribution is 2.31. The summed E-state index contributed by atoms with van der Waals surface area (Å²) >= 11 is 0. The second-order valence-corrected chi connectivity index (χ2v) is 7.40. The summed E-state index contributed by atoms with van der Waals surface area (Å²) in [4.78, 5) is 21.5. The lowest BCUT2D eigenvalue weighted by Crippen LogP contribution is -1.92. The van der Waals surface area contributed by atoms with Crippen molar-refractivity contribution in [3.8, 4) is 33.9 Å². The number of nitrogens with one attached hydrogen (secondary N) is 2. The Balaban J connectivity index is 1.51. The van der Waals surface area contributed by atoms with Gasteiger partial charge in [-0.3, -0.25) is 19.7 Å². The zero-order chi connectivity index (χ0) is 21.7. The Morgan fingerprint density at radius 3 is 2.75 bits per heavy atom. The van der Waals surface area contributed by atoms with E-state index in [1.807, 2.05) is 37.5 Å². The zero-order valence-corrected chi connectivity index (χ0v) is 17.0. The van der Waals surface area contributed by atoms with Crippen molar-refractivity contribution in [2.24, 2.45) is 7.05 Å². The van der Waals surface area contributed by atoms with Crippen LogP contribution in [0.25, 0.3) is 56.0 Å². The van der Waals surface area contributed by atoms with Gasteiger partial charge >= 0.3 is 0 Å². The van der Waals surface area contributed by atoms with Crippen LogP contribution in [0.5, 0.6) is 0 Å². The fourth-order valence-electron chi connectivity index (χ4n) is 3.86. The van der Waals surface area contributed by atoms with Crippen LogP contribution in [-0.4, -0.2) is 50.0 Å². The van der Waals surface area contributed by atoms with Crippen molar-refractivity contribution in [2.75, 3.05) is 0 Å². The third-order valence-electron chi connectivity index (χ3n) is 5.33. The molecule has 0 aromatic carbocycles. The summed E-state index contributed by atoms with van der Waals surface area (Å²) < 4.78 is 1.66. The predicted molar refractivity (Wildman–Crippen MR) is 118 cm³/mol. The molecule has 0 spiro atoms. The smallest absolute Gasteiger partial charge is 0.161 e. The number of hydrogen-bond donors (Lipinski definition) is 3. The van der Waals surface area contributed by atoms with E-state index in [1.165, 1.54) is 0 Å².